The maximum atomic E-state index is 3.98. The molecule has 0 bridgehead atoms. The molecular formula is C18H27Br. The van der Waals surface area contributed by atoms with Crippen LogP contribution in [-0.2, 0) is 6.42 Å². The molecule has 0 fully saturated rings. The topological polar surface area (TPSA) is 0 Å². The first-order valence-corrected chi connectivity index (χ1v) is 8.89. The van der Waals surface area contributed by atoms with Crippen LogP contribution in [0.4, 0.5) is 0 Å². The average Bonchev–Trinajstić information content (AvgIpc) is 2.46. The second kappa shape index (κ2) is 7.47. The standard InChI is InChI=1S/C18H27Br/c1-3-5-8-14(4-2)13-16-12-11-15-9-6-7-10-17(15)18(16)19/h6-7,9-10,14,16,18H,3-5,8,11-13H2,1-2H3. The van der Waals surface area contributed by atoms with E-state index < -0.39 is 0 Å². The number of halogens is 1. The summed E-state index contributed by atoms with van der Waals surface area (Å²) in [5, 5.41) is 0. The molecule has 1 aromatic carbocycles. The molecule has 1 aromatic rings. The van der Waals surface area contributed by atoms with Crippen LogP contribution in [0.15, 0.2) is 24.3 Å². The summed E-state index contributed by atoms with van der Waals surface area (Å²) in [5.74, 6) is 1.76. The van der Waals surface area contributed by atoms with Gasteiger partial charge in [-0.3, -0.25) is 0 Å². The first-order chi connectivity index (χ1) is 9.26. The second-order valence-corrected chi connectivity index (χ2v) is 7.04. The third-order valence-electron chi connectivity index (χ3n) is 4.73. The molecule has 0 aromatic heterocycles. The predicted molar refractivity (Wildman–Crippen MR) is 87.8 cm³/mol. The molecule has 0 N–H and O–H groups in total. The summed E-state index contributed by atoms with van der Waals surface area (Å²) in [5.41, 5.74) is 3.10. The quantitative estimate of drug-likeness (QED) is 0.540. The van der Waals surface area contributed by atoms with Gasteiger partial charge in [-0.05, 0) is 42.2 Å². The summed E-state index contributed by atoms with van der Waals surface area (Å²) < 4.78 is 0. The van der Waals surface area contributed by atoms with Gasteiger partial charge in [0.05, 0.1) is 0 Å². The van der Waals surface area contributed by atoms with Gasteiger partial charge >= 0.3 is 0 Å². The minimum Gasteiger partial charge on any atom is -0.0836 e. The van der Waals surface area contributed by atoms with Crippen molar-refractivity contribution < 1.29 is 0 Å². The highest BCUT2D eigenvalue weighted by atomic mass is 79.9. The van der Waals surface area contributed by atoms with Gasteiger partial charge in [0, 0.05) is 4.83 Å². The average molecular weight is 323 g/mol. The number of benzene rings is 1. The Kier molecular flexibility index (Phi) is 5.94. The second-order valence-electron chi connectivity index (χ2n) is 6.05. The van der Waals surface area contributed by atoms with Gasteiger partial charge in [-0.15, -0.1) is 0 Å². The highest BCUT2D eigenvalue weighted by Crippen LogP contribution is 2.44. The molecule has 106 valence electrons. The molecule has 0 aliphatic heterocycles. The summed E-state index contributed by atoms with van der Waals surface area (Å²) in [6.07, 6.45) is 9.53. The van der Waals surface area contributed by atoms with Gasteiger partial charge in [0.1, 0.15) is 0 Å². The fourth-order valence-corrected chi connectivity index (χ4v) is 4.35. The van der Waals surface area contributed by atoms with E-state index in [-0.39, 0.29) is 0 Å². The minimum atomic E-state index is 0.577. The first-order valence-electron chi connectivity index (χ1n) is 7.98. The fraction of sp³-hybridized carbons (Fsp3) is 0.667. The summed E-state index contributed by atoms with van der Waals surface area (Å²) in [6, 6.07) is 8.97. The van der Waals surface area contributed by atoms with E-state index in [2.05, 4.69) is 54.0 Å². The lowest BCUT2D eigenvalue weighted by atomic mass is 9.78. The van der Waals surface area contributed by atoms with Gasteiger partial charge in [-0.2, -0.15) is 0 Å². The van der Waals surface area contributed by atoms with E-state index in [1.54, 1.807) is 11.1 Å². The molecule has 0 nitrogen and oxygen atoms in total. The first kappa shape index (κ1) is 15.1. The van der Waals surface area contributed by atoms with E-state index >= 15 is 0 Å². The molecule has 0 heterocycles. The smallest absolute Gasteiger partial charge is 0.0426 e. The van der Waals surface area contributed by atoms with Gasteiger partial charge in [0.25, 0.3) is 0 Å². The number of hydrogen-bond donors (Lipinski definition) is 0. The molecule has 0 radical (unpaired) electrons. The summed E-state index contributed by atoms with van der Waals surface area (Å²) in [4.78, 5) is 0.577. The Morgan fingerprint density at radius 1 is 1.26 bits per heavy atom. The Hall–Kier alpha value is -0.300. The molecule has 1 aliphatic carbocycles. The lowest BCUT2D eigenvalue weighted by Gasteiger charge is -2.32. The maximum Gasteiger partial charge on any atom is 0.0426 e. The SMILES string of the molecule is CCCCC(CC)CC1CCc2ccccc2C1Br. The molecule has 1 aliphatic rings. The van der Waals surface area contributed by atoms with Crippen molar-refractivity contribution in [3.05, 3.63) is 35.4 Å². The van der Waals surface area contributed by atoms with E-state index in [1.807, 2.05) is 0 Å². The lowest BCUT2D eigenvalue weighted by molar-refractivity contribution is 0.312. The van der Waals surface area contributed by atoms with Crippen LogP contribution in [0.2, 0.25) is 0 Å². The third kappa shape index (κ3) is 3.84. The van der Waals surface area contributed by atoms with E-state index in [1.165, 1.54) is 44.9 Å². The van der Waals surface area contributed by atoms with Crippen LogP contribution < -0.4 is 0 Å². The Labute approximate surface area is 127 Å². The molecule has 0 saturated heterocycles. The zero-order chi connectivity index (χ0) is 13.7. The molecule has 3 unspecified atom stereocenters. The van der Waals surface area contributed by atoms with Crippen molar-refractivity contribution in [3.63, 3.8) is 0 Å². The van der Waals surface area contributed by atoms with Crippen molar-refractivity contribution in [2.45, 2.75) is 63.6 Å². The normalized spacial score (nSPS) is 23.9. The van der Waals surface area contributed by atoms with Crippen molar-refractivity contribution in [1.82, 2.24) is 0 Å². The third-order valence-corrected chi connectivity index (χ3v) is 5.97. The van der Waals surface area contributed by atoms with Crippen molar-refractivity contribution >= 4 is 15.9 Å². The fourth-order valence-electron chi connectivity index (χ4n) is 3.42. The number of fused-ring (bicyclic) bond motifs is 1. The number of hydrogen-bond acceptors (Lipinski definition) is 0. The molecular weight excluding hydrogens is 296 g/mol. The van der Waals surface area contributed by atoms with Crippen LogP contribution in [0.1, 0.15) is 68.3 Å². The number of rotatable bonds is 6. The molecule has 1 heteroatoms. The molecule has 0 amide bonds. The Morgan fingerprint density at radius 2 is 2.05 bits per heavy atom. The monoisotopic (exact) mass is 322 g/mol. The van der Waals surface area contributed by atoms with Crippen molar-refractivity contribution in [2.24, 2.45) is 11.8 Å². The summed E-state index contributed by atoms with van der Waals surface area (Å²) in [6.45, 7) is 4.66. The van der Waals surface area contributed by atoms with Crippen LogP contribution >= 0.6 is 15.9 Å². The van der Waals surface area contributed by atoms with Gasteiger partial charge in [0.15, 0.2) is 0 Å². The predicted octanol–water partition coefficient (Wildman–Crippen LogP) is 6.29. The molecule has 0 saturated carbocycles. The Bertz CT molecular complexity index is 385. The lowest BCUT2D eigenvalue weighted by Crippen LogP contribution is -2.19. The van der Waals surface area contributed by atoms with Crippen molar-refractivity contribution in [2.75, 3.05) is 0 Å². The maximum absolute atomic E-state index is 3.98. The largest absolute Gasteiger partial charge is 0.0836 e. The molecule has 0 spiro atoms. The number of aryl methyl sites for hydroxylation is 1. The molecule has 19 heavy (non-hydrogen) atoms. The molecule has 3 atom stereocenters. The van der Waals surface area contributed by atoms with Crippen molar-refractivity contribution in [3.8, 4) is 0 Å². The number of alkyl halides is 1. The van der Waals surface area contributed by atoms with Crippen LogP contribution in [0.3, 0.4) is 0 Å². The zero-order valence-electron chi connectivity index (χ0n) is 12.4. The van der Waals surface area contributed by atoms with Crippen LogP contribution in [0.25, 0.3) is 0 Å². The van der Waals surface area contributed by atoms with Gasteiger partial charge in [0.2, 0.25) is 0 Å². The van der Waals surface area contributed by atoms with Gasteiger partial charge in [-0.1, -0.05) is 79.7 Å². The Balaban J connectivity index is 1.99. The minimum absolute atomic E-state index is 0.577. The van der Waals surface area contributed by atoms with E-state index in [0.717, 1.165) is 11.8 Å². The summed E-state index contributed by atoms with van der Waals surface area (Å²) >= 11 is 3.98. The van der Waals surface area contributed by atoms with Crippen LogP contribution in [0.5, 0.6) is 0 Å². The van der Waals surface area contributed by atoms with E-state index in [4.69, 9.17) is 0 Å². The molecule has 2 rings (SSSR count). The van der Waals surface area contributed by atoms with Crippen molar-refractivity contribution in [1.29, 1.82) is 0 Å². The van der Waals surface area contributed by atoms with Crippen LogP contribution in [-0.4, -0.2) is 0 Å². The number of unbranched alkanes of at least 4 members (excludes halogenated alkanes) is 1. The summed E-state index contributed by atoms with van der Waals surface area (Å²) in [7, 11) is 0. The highest BCUT2D eigenvalue weighted by Gasteiger charge is 2.28. The van der Waals surface area contributed by atoms with Gasteiger partial charge < -0.3 is 0 Å². The van der Waals surface area contributed by atoms with E-state index in [9.17, 15) is 0 Å². The van der Waals surface area contributed by atoms with E-state index in [0.29, 0.717) is 4.83 Å². The van der Waals surface area contributed by atoms with Gasteiger partial charge in [-0.25, -0.2) is 0 Å². The zero-order valence-corrected chi connectivity index (χ0v) is 14.0. The highest BCUT2D eigenvalue weighted by molar-refractivity contribution is 9.09. The van der Waals surface area contributed by atoms with Crippen LogP contribution in [0, 0.1) is 11.8 Å². The Morgan fingerprint density at radius 3 is 2.79 bits per heavy atom.